The van der Waals surface area contributed by atoms with Gasteiger partial charge in [-0.05, 0) is 11.6 Å². The Labute approximate surface area is 99.0 Å². The quantitative estimate of drug-likeness (QED) is 0.733. The van der Waals surface area contributed by atoms with Gasteiger partial charge in [0.1, 0.15) is 0 Å². The maximum Gasteiger partial charge on any atom is 0.207 e. The van der Waals surface area contributed by atoms with Crippen molar-refractivity contribution in [1.82, 2.24) is 9.55 Å². The lowest BCUT2D eigenvalue weighted by Gasteiger charge is -2.21. The molecule has 0 spiro atoms. The topological polar surface area (TPSA) is 48.3 Å². The van der Waals surface area contributed by atoms with Gasteiger partial charge >= 0.3 is 0 Å². The van der Waals surface area contributed by atoms with Crippen molar-refractivity contribution in [3.63, 3.8) is 0 Å². The van der Waals surface area contributed by atoms with Gasteiger partial charge in [0.05, 0.1) is 20.8 Å². The number of hydrogen-bond acceptors (Lipinski definition) is 4. The monoisotopic (exact) mass is 231 g/mol. The number of benzene rings is 1. The molecule has 1 N–H and O–H groups in total. The van der Waals surface area contributed by atoms with E-state index in [-0.39, 0.29) is 0 Å². The van der Waals surface area contributed by atoms with Crippen molar-refractivity contribution < 1.29 is 9.47 Å². The molecule has 1 aromatic heterocycles. The van der Waals surface area contributed by atoms with Gasteiger partial charge < -0.3 is 19.4 Å². The number of anilines is 2. The molecule has 1 aliphatic rings. The molecule has 0 saturated heterocycles. The van der Waals surface area contributed by atoms with E-state index in [9.17, 15) is 0 Å². The molecule has 0 aliphatic carbocycles. The predicted octanol–water partition coefficient (Wildman–Crippen LogP) is 2.01. The average Bonchev–Trinajstić information content (AvgIpc) is 2.81. The maximum atomic E-state index is 5.29. The fraction of sp³-hybridized carbons (Fsp3) is 0.250. The smallest absolute Gasteiger partial charge is 0.207 e. The Balaban J connectivity index is 2.08. The first kappa shape index (κ1) is 10.0. The molecule has 1 aliphatic heterocycles. The summed E-state index contributed by atoms with van der Waals surface area (Å²) < 4.78 is 12.6. The molecule has 0 saturated carbocycles. The van der Waals surface area contributed by atoms with Crippen LogP contribution in [0, 0.1) is 0 Å². The number of methoxy groups -OCH3 is 2. The normalized spacial score (nSPS) is 12.4. The van der Waals surface area contributed by atoms with Crippen molar-refractivity contribution in [2.75, 3.05) is 19.5 Å². The minimum Gasteiger partial charge on any atom is -0.493 e. The molecular weight excluding hydrogens is 218 g/mol. The number of fused-ring (bicyclic) bond motifs is 2. The zero-order chi connectivity index (χ0) is 11.8. The zero-order valence-electron chi connectivity index (χ0n) is 9.73. The van der Waals surface area contributed by atoms with Gasteiger partial charge in [-0.3, -0.25) is 0 Å². The number of aromatic nitrogens is 2. The highest BCUT2D eigenvalue weighted by molar-refractivity contribution is 5.67. The molecule has 5 nitrogen and oxygen atoms in total. The van der Waals surface area contributed by atoms with Crippen LogP contribution in [0.25, 0.3) is 0 Å². The number of nitrogens with one attached hydrogen (secondary N) is 1. The van der Waals surface area contributed by atoms with Crippen LogP contribution in [0.2, 0.25) is 0 Å². The Morgan fingerprint density at radius 3 is 2.76 bits per heavy atom. The van der Waals surface area contributed by atoms with Gasteiger partial charge in [-0.1, -0.05) is 0 Å². The molecule has 2 aromatic rings. The molecule has 5 heteroatoms. The van der Waals surface area contributed by atoms with Crippen molar-refractivity contribution >= 4 is 11.6 Å². The molecule has 2 heterocycles. The third-order valence-corrected chi connectivity index (χ3v) is 2.91. The summed E-state index contributed by atoms with van der Waals surface area (Å²) in [6, 6.07) is 3.93. The fourth-order valence-corrected chi connectivity index (χ4v) is 2.03. The van der Waals surface area contributed by atoms with E-state index in [1.54, 1.807) is 20.4 Å². The summed E-state index contributed by atoms with van der Waals surface area (Å²) in [5, 5.41) is 3.26. The second kappa shape index (κ2) is 3.69. The number of imidazole rings is 1. The summed E-state index contributed by atoms with van der Waals surface area (Å²) in [7, 11) is 3.27. The molecule has 1 aromatic carbocycles. The van der Waals surface area contributed by atoms with Crippen molar-refractivity contribution in [2.45, 2.75) is 6.54 Å². The second-order valence-electron chi connectivity index (χ2n) is 3.87. The van der Waals surface area contributed by atoms with E-state index in [4.69, 9.17) is 9.47 Å². The minimum atomic E-state index is 0.721. The Morgan fingerprint density at radius 2 is 2.00 bits per heavy atom. The standard InChI is InChI=1S/C12H13N3O2/c1-16-10-5-8-7-15-4-3-13-12(15)14-9(8)6-11(10)17-2/h3-6H,7H2,1-2H3,(H,13,14). The fourth-order valence-electron chi connectivity index (χ4n) is 2.03. The summed E-state index contributed by atoms with van der Waals surface area (Å²) in [4.78, 5) is 4.23. The van der Waals surface area contributed by atoms with Gasteiger partial charge in [0, 0.05) is 24.1 Å². The van der Waals surface area contributed by atoms with Crippen LogP contribution in [0.5, 0.6) is 11.5 Å². The van der Waals surface area contributed by atoms with Crippen LogP contribution in [0.1, 0.15) is 5.56 Å². The Bertz CT molecular complexity index is 515. The molecule has 0 fully saturated rings. The molecule has 0 radical (unpaired) electrons. The average molecular weight is 231 g/mol. The first-order valence-electron chi connectivity index (χ1n) is 5.35. The van der Waals surface area contributed by atoms with Crippen molar-refractivity contribution in [1.29, 1.82) is 0 Å². The van der Waals surface area contributed by atoms with E-state index in [0.717, 1.165) is 35.2 Å². The van der Waals surface area contributed by atoms with E-state index in [1.165, 1.54) is 0 Å². The lowest BCUT2D eigenvalue weighted by molar-refractivity contribution is 0.354. The Kier molecular flexibility index (Phi) is 2.18. The summed E-state index contributed by atoms with van der Waals surface area (Å²) in [6.45, 7) is 0.790. The van der Waals surface area contributed by atoms with E-state index in [0.29, 0.717) is 0 Å². The highest BCUT2D eigenvalue weighted by Crippen LogP contribution is 2.37. The largest absolute Gasteiger partial charge is 0.493 e. The van der Waals surface area contributed by atoms with Gasteiger partial charge in [0.2, 0.25) is 5.95 Å². The third kappa shape index (κ3) is 1.51. The van der Waals surface area contributed by atoms with Crippen LogP contribution in [0.4, 0.5) is 11.6 Å². The summed E-state index contributed by atoms with van der Waals surface area (Å²) in [5.74, 6) is 2.32. The highest BCUT2D eigenvalue weighted by atomic mass is 16.5. The molecule has 0 unspecified atom stereocenters. The number of hydrogen-bond donors (Lipinski definition) is 1. The number of nitrogens with zero attached hydrogens (tertiary/aromatic N) is 2. The lowest BCUT2D eigenvalue weighted by atomic mass is 10.1. The molecule has 88 valence electrons. The van der Waals surface area contributed by atoms with Crippen LogP contribution in [-0.4, -0.2) is 23.8 Å². The van der Waals surface area contributed by atoms with E-state index < -0.39 is 0 Å². The third-order valence-electron chi connectivity index (χ3n) is 2.91. The number of rotatable bonds is 2. The van der Waals surface area contributed by atoms with Crippen LogP contribution in [-0.2, 0) is 6.54 Å². The van der Waals surface area contributed by atoms with Crippen LogP contribution < -0.4 is 14.8 Å². The molecule has 0 amide bonds. The first-order chi connectivity index (χ1) is 8.31. The van der Waals surface area contributed by atoms with E-state index in [1.807, 2.05) is 22.9 Å². The lowest BCUT2D eigenvalue weighted by Crippen LogP contribution is -2.13. The van der Waals surface area contributed by atoms with Crippen molar-refractivity contribution in [2.24, 2.45) is 0 Å². The number of ether oxygens (including phenoxy) is 2. The van der Waals surface area contributed by atoms with Gasteiger partial charge in [-0.2, -0.15) is 0 Å². The molecule has 0 bridgehead atoms. The first-order valence-corrected chi connectivity index (χ1v) is 5.35. The minimum absolute atomic E-state index is 0.721. The van der Waals surface area contributed by atoms with Gasteiger partial charge in [0.25, 0.3) is 0 Å². The van der Waals surface area contributed by atoms with Crippen molar-refractivity contribution in [3.05, 3.63) is 30.1 Å². The Morgan fingerprint density at radius 1 is 1.24 bits per heavy atom. The highest BCUT2D eigenvalue weighted by Gasteiger charge is 2.18. The summed E-state index contributed by atoms with van der Waals surface area (Å²) in [6.07, 6.45) is 3.73. The summed E-state index contributed by atoms with van der Waals surface area (Å²) in [5.41, 5.74) is 2.18. The molecule has 3 rings (SSSR count). The molecule has 0 atom stereocenters. The second-order valence-corrected chi connectivity index (χ2v) is 3.87. The SMILES string of the molecule is COc1cc2c(cc1OC)Nc1nccn1C2. The van der Waals surface area contributed by atoms with Crippen LogP contribution in [0.15, 0.2) is 24.5 Å². The zero-order valence-corrected chi connectivity index (χ0v) is 9.73. The van der Waals surface area contributed by atoms with Gasteiger partial charge in [-0.15, -0.1) is 0 Å². The van der Waals surface area contributed by atoms with Gasteiger partial charge in [0.15, 0.2) is 11.5 Å². The van der Waals surface area contributed by atoms with Crippen molar-refractivity contribution in [3.8, 4) is 11.5 Å². The maximum absolute atomic E-state index is 5.29. The summed E-state index contributed by atoms with van der Waals surface area (Å²) >= 11 is 0. The van der Waals surface area contributed by atoms with Gasteiger partial charge in [-0.25, -0.2) is 4.98 Å². The Hall–Kier alpha value is -2.17. The van der Waals surface area contributed by atoms with E-state index >= 15 is 0 Å². The molecule has 17 heavy (non-hydrogen) atoms. The molecular formula is C12H13N3O2. The van der Waals surface area contributed by atoms with E-state index in [2.05, 4.69) is 10.3 Å². The van der Waals surface area contributed by atoms with Crippen LogP contribution >= 0.6 is 0 Å². The predicted molar refractivity (Wildman–Crippen MR) is 64.2 cm³/mol. The van der Waals surface area contributed by atoms with Crippen LogP contribution in [0.3, 0.4) is 0 Å².